The van der Waals surface area contributed by atoms with Crippen molar-refractivity contribution in [1.82, 2.24) is 0 Å². The van der Waals surface area contributed by atoms with Gasteiger partial charge in [-0.3, -0.25) is 0 Å². The van der Waals surface area contributed by atoms with E-state index in [4.69, 9.17) is 0 Å². The molecule has 0 radical (unpaired) electrons. The molecule has 1 heterocycles. The van der Waals surface area contributed by atoms with Crippen LogP contribution in [0.15, 0.2) is 90.0 Å². The Balaban J connectivity index is 1.77. The second-order valence-corrected chi connectivity index (χ2v) is 27.3. The molecule has 0 N–H and O–H groups in total. The fraction of sp³-hybridized carbons (Fsp3) is 0.371. The van der Waals surface area contributed by atoms with Gasteiger partial charge < -0.3 is 0 Å². The normalized spacial score (nSPS) is 25.1. The molecule has 2 heteroatoms. The minimum absolute atomic E-state index is 0.710. The van der Waals surface area contributed by atoms with Gasteiger partial charge in [0.1, 0.15) is 0 Å². The second kappa shape index (κ2) is 9.77. The Morgan fingerprint density at radius 1 is 0.622 bits per heavy atom. The molecule has 0 aromatic heterocycles. The number of rotatable bonds is 7. The van der Waals surface area contributed by atoms with Crippen LogP contribution in [0.1, 0.15) is 82.9 Å². The van der Waals surface area contributed by atoms with E-state index in [0.717, 1.165) is 0 Å². The van der Waals surface area contributed by atoms with Crippen molar-refractivity contribution in [3.63, 3.8) is 0 Å². The van der Waals surface area contributed by atoms with E-state index in [1.54, 1.807) is 49.0 Å². The third-order valence-electron chi connectivity index (χ3n) is 10.2. The molecule has 4 bridgehead atoms. The van der Waals surface area contributed by atoms with Crippen LogP contribution >= 0.6 is 0 Å². The van der Waals surface area contributed by atoms with Gasteiger partial charge in [-0.25, -0.2) is 0 Å². The van der Waals surface area contributed by atoms with Gasteiger partial charge in [-0.15, -0.1) is 0 Å². The zero-order valence-electron chi connectivity index (χ0n) is 23.4. The topological polar surface area (TPSA) is 0 Å². The van der Waals surface area contributed by atoms with Crippen molar-refractivity contribution in [3.05, 3.63) is 112 Å². The molecule has 0 fully saturated rings. The maximum absolute atomic E-state index is 2.94. The molecule has 0 spiro atoms. The van der Waals surface area contributed by atoms with Crippen molar-refractivity contribution >= 4 is 23.7 Å². The third kappa shape index (κ3) is 3.54. The Labute approximate surface area is 230 Å². The molecule has 3 aromatic rings. The zero-order valence-corrected chi connectivity index (χ0v) is 26.9. The number of hydrogen-bond acceptors (Lipinski definition) is 0. The van der Waals surface area contributed by atoms with Gasteiger partial charge >= 0.3 is 232 Å². The van der Waals surface area contributed by atoms with E-state index >= 15 is 0 Å². The fourth-order valence-corrected chi connectivity index (χ4v) is 33.3. The van der Waals surface area contributed by atoms with E-state index in [2.05, 4.69) is 113 Å². The Kier molecular flexibility index (Phi) is 6.73. The molecule has 0 saturated carbocycles. The molecule has 3 aromatic carbocycles. The number of allylic oxidation sites excluding steroid dienone is 2. The first-order valence-corrected chi connectivity index (χ1v) is 23.5. The summed E-state index contributed by atoms with van der Waals surface area (Å²) in [4.78, 5) is 0. The van der Waals surface area contributed by atoms with Gasteiger partial charge in [0, 0.05) is 0 Å². The molecule has 190 valence electrons. The van der Waals surface area contributed by atoms with Crippen LogP contribution < -0.4 is 5.19 Å². The summed E-state index contributed by atoms with van der Waals surface area (Å²) in [5.41, 5.74) is 10.2. The van der Waals surface area contributed by atoms with Gasteiger partial charge in [-0.05, 0) is 0 Å². The predicted molar refractivity (Wildman–Crippen MR) is 161 cm³/mol. The van der Waals surface area contributed by atoms with Crippen molar-refractivity contribution in [1.29, 1.82) is 0 Å². The quantitative estimate of drug-likeness (QED) is 0.244. The van der Waals surface area contributed by atoms with Crippen LogP contribution in [-0.4, -0.2) is 8.07 Å². The number of hydrogen-bond donors (Lipinski definition) is 0. The number of unbranched alkanes of at least 4 members (excludes halogenated alkanes) is 2. The molecule has 0 saturated heterocycles. The van der Waals surface area contributed by atoms with E-state index in [0.29, 0.717) is 7.25 Å². The van der Waals surface area contributed by atoms with E-state index < -0.39 is 28.3 Å². The van der Waals surface area contributed by atoms with E-state index in [9.17, 15) is 0 Å². The van der Waals surface area contributed by atoms with E-state index in [-0.39, 0.29) is 0 Å². The summed E-state index contributed by atoms with van der Waals surface area (Å²) in [5.74, 6) is 0. The first-order chi connectivity index (χ1) is 18.0. The predicted octanol–water partition coefficient (Wildman–Crippen LogP) is 9.71. The van der Waals surface area contributed by atoms with Crippen LogP contribution in [0.25, 0.3) is 10.4 Å². The summed E-state index contributed by atoms with van der Waals surface area (Å²) in [6.45, 7) is 12.7. The first kappa shape index (κ1) is 25.5. The van der Waals surface area contributed by atoms with Crippen LogP contribution in [0.5, 0.6) is 0 Å². The summed E-state index contributed by atoms with van der Waals surface area (Å²) in [6.07, 6.45) is 5.43. The molecule has 37 heavy (non-hydrogen) atoms. The van der Waals surface area contributed by atoms with Crippen molar-refractivity contribution in [3.8, 4) is 0 Å². The second-order valence-electron chi connectivity index (χ2n) is 12.1. The first-order valence-electron chi connectivity index (χ1n) is 14.7. The summed E-state index contributed by atoms with van der Waals surface area (Å²) in [7, 11) is -2.23. The molecular weight excluding hydrogens is 540 g/mol. The van der Waals surface area contributed by atoms with E-state index in [1.807, 2.05) is 0 Å². The molecule has 2 aliphatic carbocycles. The van der Waals surface area contributed by atoms with Gasteiger partial charge in [-0.1, -0.05) is 0 Å². The van der Waals surface area contributed by atoms with Crippen LogP contribution in [0.2, 0.25) is 14.8 Å². The molecular formula is C35H42SiZr. The standard InChI is InChI=1S/C27H24Si.2C4H9.Zr/c1-19-17-21-11-7-9-15-24(21)26(19)28(3,23-13-5-4-6-14-23)27-20(2)18-22-12-8-10-16-25(22)27;2*1-3-4-2;/h4-18H,1-3H3;2*1,3-4H2,2H3;. The van der Waals surface area contributed by atoms with Gasteiger partial charge in [0.2, 0.25) is 0 Å². The van der Waals surface area contributed by atoms with Gasteiger partial charge in [-0.2, -0.15) is 0 Å². The van der Waals surface area contributed by atoms with E-state index in [1.165, 1.54) is 33.9 Å². The molecule has 2 atom stereocenters. The summed E-state index contributed by atoms with van der Waals surface area (Å²) in [5, 5.41) is 5.10. The van der Waals surface area contributed by atoms with Crippen molar-refractivity contribution in [2.75, 3.05) is 0 Å². The average molecular weight is 582 g/mol. The van der Waals surface area contributed by atoms with Gasteiger partial charge in [0.15, 0.2) is 0 Å². The number of fused-ring (bicyclic) bond motifs is 8. The van der Waals surface area contributed by atoms with Gasteiger partial charge in [0.25, 0.3) is 0 Å². The van der Waals surface area contributed by atoms with Crippen LogP contribution in [-0.2, 0) is 20.3 Å². The van der Waals surface area contributed by atoms with Crippen molar-refractivity contribution < 1.29 is 20.3 Å². The Morgan fingerprint density at radius 3 is 1.51 bits per heavy atom. The van der Waals surface area contributed by atoms with Crippen LogP contribution in [0.4, 0.5) is 0 Å². The summed E-state index contributed by atoms with van der Waals surface area (Å²) < 4.78 is 4.45. The average Bonchev–Trinajstić information content (AvgIpc) is 3.41. The molecule has 3 aliphatic rings. The Hall–Kier alpha value is -1.76. The molecule has 1 aliphatic heterocycles. The fourth-order valence-electron chi connectivity index (χ4n) is 9.01. The van der Waals surface area contributed by atoms with Crippen LogP contribution in [0, 0.1) is 0 Å². The van der Waals surface area contributed by atoms with Crippen molar-refractivity contribution in [2.45, 2.75) is 75.4 Å². The summed E-state index contributed by atoms with van der Waals surface area (Å²) in [6, 6.07) is 31.1. The zero-order chi connectivity index (χ0) is 25.8. The SMILES string of the molecule is CCC[CH2][Zr]1([CH2]CCC)[CH]2C(C)=C(c3ccccc32)[Si](C)(c2ccccc2)C2=C(C)[CH]1c1ccccc12. The summed E-state index contributed by atoms with van der Waals surface area (Å²) >= 11 is -2.94. The Morgan fingerprint density at radius 2 is 1.05 bits per heavy atom. The van der Waals surface area contributed by atoms with Crippen LogP contribution in [0.3, 0.4) is 0 Å². The third-order valence-corrected chi connectivity index (χ3v) is 30.7. The molecule has 6 rings (SSSR count). The maximum atomic E-state index is 2.69. The molecule has 0 nitrogen and oxygen atoms in total. The molecule has 0 amide bonds. The monoisotopic (exact) mass is 580 g/mol. The van der Waals surface area contributed by atoms with Gasteiger partial charge in [0.05, 0.1) is 0 Å². The van der Waals surface area contributed by atoms with Crippen molar-refractivity contribution in [2.24, 2.45) is 0 Å². The Bertz CT molecular complexity index is 1310. The minimum atomic E-state index is -2.94. The molecule has 2 unspecified atom stereocenters. The number of benzene rings is 3.